The van der Waals surface area contributed by atoms with E-state index in [1.807, 2.05) is 30.5 Å². The number of para-hydroxylation sites is 2. The fourth-order valence-electron chi connectivity index (χ4n) is 3.03. The Morgan fingerprint density at radius 2 is 2.00 bits per heavy atom. The molecule has 20 heavy (non-hydrogen) atoms. The van der Waals surface area contributed by atoms with E-state index >= 15 is 0 Å². The van der Waals surface area contributed by atoms with Gasteiger partial charge >= 0.3 is 0 Å². The van der Waals surface area contributed by atoms with Crippen molar-refractivity contribution in [1.82, 2.24) is 15.3 Å². The number of hydrogen-bond donors (Lipinski definition) is 1. The van der Waals surface area contributed by atoms with Gasteiger partial charge in [-0.2, -0.15) is 0 Å². The maximum atomic E-state index is 4.79. The second kappa shape index (κ2) is 5.02. The van der Waals surface area contributed by atoms with Gasteiger partial charge in [-0.25, -0.2) is 4.98 Å². The molecule has 0 bridgehead atoms. The highest BCUT2D eigenvalue weighted by atomic mass is 15.2. The van der Waals surface area contributed by atoms with Crippen molar-refractivity contribution in [3.8, 4) is 0 Å². The number of aromatic nitrogens is 2. The number of nitrogens with zero attached hydrogens (tertiary/aromatic N) is 3. The van der Waals surface area contributed by atoms with Crippen molar-refractivity contribution in [2.75, 3.05) is 18.0 Å². The largest absolute Gasteiger partial charge is 0.351 e. The average Bonchev–Trinajstić information content (AvgIpc) is 3.21. The van der Waals surface area contributed by atoms with Crippen molar-refractivity contribution in [2.45, 2.75) is 37.8 Å². The highest BCUT2D eigenvalue weighted by Gasteiger charge is 2.28. The number of nitrogens with one attached hydrogen (secondary N) is 1. The normalized spacial score (nSPS) is 22.6. The summed E-state index contributed by atoms with van der Waals surface area (Å²) < 4.78 is 0. The second-order valence-corrected chi connectivity index (χ2v) is 5.89. The number of hydrogen-bond acceptors (Lipinski definition) is 4. The lowest BCUT2D eigenvalue weighted by Crippen LogP contribution is -2.39. The van der Waals surface area contributed by atoms with Crippen LogP contribution in [0.5, 0.6) is 0 Å². The summed E-state index contributed by atoms with van der Waals surface area (Å²) in [6, 6.07) is 9.44. The number of benzene rings is 1. The van der Waals surface area contributed by atoms with E-state index in [0.717, 1.165) is 36.0 Å². The maximum absolute atomic E-state index is 4.79. The lowest BCUT2D eigenvalue weighted by Gasteiger charge is -2.26. The van der Waals surface area contributed by atoms with Gasteiger partial charge in [-0.15, -0.1) is 0 Å². The molecule has 2 fully saturated rings. The van der Waals surface area contributed by atoms with Gasteiger partial charge in [0.2, 0.25) is 0 Å². The van der Waals surface area contributed by atoms with Crippen LogP contribution in [0.25, 0.3) is 11.0 Å². The van der Waals surface area contributed by atoms with E-state index in [9.17, 15) is 0 Å². The quantitative estimate of drug-likeness (QED) is 0.924. The van der Waals surface area contributed by atoms with Crippen molar-refractivity contribution in [3.63, 3.8) is 0 Å². The molecule has 0 radical (unpaired) electrons. The third-order valence-electron chi connectivity index (χ3n) is 4.33. The van der Waals surface area contributed by atoms with E-state index in [4.69, 9.17) is 4.98 Å². The lowest BCUT2D eigenvalue weighted by molar-refractivity contribution is 0.568. The molecule has 4 heteroatoms. The fraction of sp³-hybridized carbons (Fsp3) is 0.500. The Hall–Kier alpha value is -1.68. The monoisotopic (exact) mass is 268 g/mol. The molecule has 4 rings (SSSR count). The van der Waals surface area contributed by atoms with Crippen molar-refractivity contribution in [2.24, 2.45) is 0 Å². The van der Waals surface area contributed by atoms with Crippen LogP contribution in [0.1, 0.15) is 25.7 Å². The standard InChI is InChI=1S/C16H20N4/c1-2-6-15-14(5-1)18-11-16(19-15)20-9-3-4-13(20)10-17-12-7-8-12/h1-2,5-6,11-13,17H,3-4,7-10H2. The van der Waals surface area contributed by atoms with Gasteiger partial charge in [0.15, 0.2) is 0 Å². The minimum atomic E-state index is 0.575. The summed E-state index contributed by atoms with van der Waals surface area (Å²) in [6.45, 7) is 2.18. The molecule has 1 aliphatic heterocycles. The zero-order valence-corrected chi connectivity index (χ0v) is 11.6. The number of rotatable bonds is 4. The molecule has 104 valence electrons. The van der Waals surface area contributed by atoms with Gasteiger partial charge in [0.25, 0.3) is 0 Å². The van der Waals surface area contributed by atoms with E-state index in [2.05, 4.69) is 15.2 Å². The molecular weight excluding hydrogens is 248 g/mol. The van der Waals surface area contributed by atoms with E-state index < -0.39 is 0 Å². The lowest BCUT2D eigenvalue weighted by atomic mass is 10.2. The Bertz CT molecular complexity index is 608. The molecule has 0 spiro atoms. The second-order valence-electron chi connectivity index (χ2n) is 5.89. The molecule has 2 aromatic rings. The summed E-state index contributed by atoms with van der Waals surface area (Å²) in [4.78, 5) is 11.8. The third-order valence-corrected chi connectivity index (χ3v) is 4.33. The Balaban J connectivity index is 1.56. The molecule has 1 saturated heterocycles. The first-order valence-corrected chi connectivity index (χ1v) is 7.62. The van der Waals surface area contributed by atoms with Gasteiger partial charge in [0.1, 0.15) is 5.82 Å². The molecule has 1 unspecified atom stereocenters. The minimum absolute atomic E-state index is 0.575. The predicted octanol–water partition coefficient (Wildman–Crippen LogP) is 2.35. The molecule has 1 aromatic carbocycles. The maximum Gasteiger partial charge on any atom is 0.148 e. The van der Waals surface area contributed by atoms with Gasteiger partial charge < -0.3 is 10.2 Å². The van der Waals surface area contributed by atoms with Crippen molar-refractivity contribution in [3.05, 3.63) is 30.5 Å². The van der Waals surface area contributed by atoms with Crippen molar-refractivity contribution >= 4 is 16.9 Å². The SMILES string of the molecule is c1ccc2nc(N3CCCC3CNC3CC3)cnc2c1. The Kier molecular flexibility index (Phi) is 3.03. The first kappa shape index (κ1) is 12.1. The highest BCUT2D eigenvalue weighted by Crippen LogP contribution is 2.26. The van der Waals surface area contributed by atoms with Crippen molar-refractivity contribution < 1.29 is 0 Å². The molecule has 0 amide bonds. The zero-order valence-electron chi connectivity index (χ0n) is 11.6. The van der Waals surface area contributed by atoms with Crippen LogP contribution in [-0.4, -0.2) is 35.1 Å². The molecule has 1 atom stereocenters. The number of anilines is 1. The first-order valence-electron chi connectivity index (χ1n) is 7.62. The van der Waals surface area contributed by atoms with E-state index in [0.29, 0.717) is 6.04 Å². The van der Waals surface area contributed by atoms with Crippen LogP contribution >= 0.6 is 0 Å². The van der Waals surface area contributed by atoms with E-state index in [1.54, 1.807) is 0 Å². The van der Waals surface area contributed by atoms with Gasteiger partial charge in [-0.05, 0) is 37.8 Å². The Morgan fingerprint density at radius 3 is 2.85 bits per heavy atom. The minimum Gasteiger partial charge on any atom is -0.351 e. The van der Waals surface area contributed by atoms with Gasteiger partial charge in [-0.3, -0.25) is 4.98 Å². The van der Waals surface area contributed by atoms with Crippen LogP contribution in [0, 0.1) is 0 Å². The van der Waals surface area contributed by atoms with Crippen LogP contribution in [0.15, 0.2) is 30.5 Å². The van der Waals surface area contributed by atoms with Gasteiger partial charge in [0.05, 0.1) is 17.2 Å². The van der Waals surface area contributed by atoms with Crippen LogP contribution in [-0.2, 0) is 0 Å². The molecule has 1 N–H and O–H groups in total. The predicted molar refractivity (Wildman–Crippen MR) is 80.9 cm³/mol. The number of fused-ring (bicyclic) bond motifs is 1. The highest BCUT2D eigenvalue weighted by molar-refractivity contribution is 5.75. The van der Waals surface area contributed by atoms with Gasteiger partial charge in [0, 0.05) is 25.2 Å². The smallest absolute Gasteiger partial charge is 0.148 e. The first-order chi connectivity index (χ1) is 9.90. The topological polar surface area (TPSA) is 41.1 Å². The summed E-state index contributed by atoms with van der Waals surface area (Å²) >= 11 is 0. The Morgan fingerprint density at radius 1 is 1.15 bits per heavy atom. The van der Waals surface area contributed by atoms with E-state index in [-0.39, 0.29) is 0 Å². The molecule has 2 aliphatic rings. The fourth-order valence-corrected chi connectivity index (χ4v) is 3.03. The summed E-state index contributed by atoms with van der Waals surface area (Å²) in [7, 11) is 0. The molecule has 1 saturated carbocycles. The summed E-state index contributed by atoms with van der Waals surface area (Å²) in [5.74, 6) is 1.03. The van der Waals surface area contributed by atoms with Crippen LogP contribution in [0.2, 0.25) is 0 Å². The summed E-state index contributed by atoms with van der Waals surface area (Å²) in [5, 5.41) is 3.65. The third kappa shape index (κ3) is 2.36. The average molecular weight is 268 g/mol. The van der Waals surface area contributed by atoms with Crippen molar-refractivity contribution in [1.29, 1.82) is 0 Å². The van der Waals surface area contributed by atoms with Crippen LogP contribution in [0.4, 0.5) is 5.82 Å². The van der Waals surface area contributed by atoms with Crippen LogP contribution in [0.3, 0.4) is 0 Å². The van der Waals surface area contributed by atoms with Gasteiger partial charge in [-0.1, -0.05) is 12.1 Å². The molecule has 4 nitrogen and oxygen atoms in total. The summed E-state index contributed by atoms with van der Waals surface area (Å²) in [5.41, 5.74) is 1.97. The van der Waals surface area contributed by atoms with E-state index in [1.165, 1.54) is 25.7 Å². The zero-order chi connectivity index (χ0) is 13.4. The summed E-state index contributed by atoms with van der Waals surface area (Å²) in [6.07, 6.45) is 7.14. The molecule has 1 aromatic heterocycles. The molecular formula is C16H20N4. The Labute approximate surface area is 119 Å². The molecule has 1 aliphatic carbocycles. The van der Waals surface area contributed by atoms with Crippen LogP contribution < -0.4 is 10.2 Å². The molecule has 2 heterocycles.